The van der Waals surface area contributed by atoms with E-state index in [1.165, 1.54) is 11.3 Å². The Morgan fingerprint density at radius 3 is 2.20 bits per heavy atom. The highest BCUT2D eigenvalue weighted by molar-refractivity contribution is 7.16. The third kappa shape index (κ3) is 3.10. The van der Waals surface area contributed by atoms with Crippen LogP contribution >= 0.6 is 11.3 Å². The van der Waals surface area contributed by atoms with Gasteiger partial charge in [-0.2, -0.15) is 4.99 Å². The van der Waals surface area contributed by atoms with Gasteiger partial charge in [0.25, 0.3) is 5.91 Å². The second-order valence-electron chi connectivity index (χ2n) is 5.24. The van der Waals surface area contributed by atoms with Crippen LogP contribution in [-0.2, 0) is 7.05 Å². The van der Waals surface area contributed by atoms with Crippen LogP contribution in [0.25, 0.3) is 10.2 Å². The number of ether oxygens (including phenoxy) is 3. The van der Waals surface area contributed by atoms with Crippen molar-refractivity contribution in [1.29, 1.82) is 0 Å². The molecule has 7 heteroatoms. The number of nitrogens with zero attached hydrogens (tertiary/aromatic N) is 2. The molecule has 0 atom stereocenters. The van der Waals surface area contributed by atoms with Crippen LogP contribution in [0.15, 0.2) is 41.4 Å². The Balaban J connectivity index is 2.12. The Kier molecular flexibility index (Phi) is 4.76. The molecule has 0 saturated carbocycles. The maximum Gasteiger partial charge on any atom is 0.279 e. The predicted molar refractivity (Wildman–Crippen MR) is 96.8 cm³/mol. The van der Waals surface area contributed by atoms with Crippen LogP contribution in [0.3, 0.4) is 0 Å². The standard InChI is InChI=1S/C18H18N2O4S/c1-20-15-13(23-3)9-10-14(24-4)16(15)25-18(20)19-17(21)11-5-7-12(22-2)8-6-11/h5-10H,1-4H3. The van der Waals surface area contributed by atoms with Crippen LogP contribution in [0.1, 0.15) is 10.4 Å². The Morgan fingerprint density at radius 1 is 0.960 bits per heavy atom. The number of aromatic nitrogens is 1. The number of amides is 1. The summed E-state index contributed by atoms with van der Waals surface area (Å²) in [5.74, 6) is 1.80. The van der Waals surface area contributed by atoms with Crippen molar-refractivity contribution in [3.05, 3.63) is 46.8 Å². The van der Waals surface area contributed by atoms with Crippen molar-refractivity contribution < 1.29 is 19.0 Å². The minimum absolute atomic E-state index is 0.317. The van der Waals surface area contributed by atoms with Gasteiger partial charge < -0.3 is 18.8 Å². The number of benzene rings is 2. The normalized spacial score (nSPS) is 11.6. The van der Waals surface area contributed by atoms with Gasteiger partial charge in [-0.3, -0.25) is 4.79 Å². The number of fused-ring (bicyclic) bond motifs is 1. The smallest absolute Gasteiger partial charge is 0.279 e. The molecule has 0 N–H and O–H groups in total. The second kappa shape index (κ2) is 6.98. The molecule has 0 unspecified atom stereocenters. The van der Waals surface area contributed by atoms with Crippen LogP contribution in [-0.4, -0.2) is 31.8 Å². The first kappa shape index (κ1) is 17.0. The zero-order valence-corrected chi connectivity index (χ0v) is 15.2. The molecule has 1 aromatic heterocycles. The number of hydrogen-bond donors (Lipinski definition) is 0. The minimum atomic E-state index is -0.317. The summed E-state index contributed by atoms with van der Waals surface area (Å²) in [4.78, 5) is 17.3. The van der Waals surface area contributed by atoms with Crippen LogP contribution < -0.4 is 19.0 Å². The van der Waals surface area contributed by atoms with E-state index in [0.717, 1.165) is 16.0 Å². The van der Waals surface area contributed by atoms with E-state index in [9.17, 15) is 4.79 Å². The SMILES string of the molecule is COc1ccc(C(=O)N=c2sc3c(OC)ccc(OC)c3n2C)cc1. The molecule has 1 heterocycles. The molecule has 0 aliphatic carbocycles. The van der Waals surface area contributed by atoms with Gasteiger partial charge in [-0.05, 0) is 36.4 Å². The van der Waals surface area contributed by atoms with E-state index in [-0.39, 0.29) is 5.91 Å². The fraction of sp³-hybridized carbons (Fsp3) is 0.222. The van der Waals surface area contributed by atoms with Crippen molar-refractivity contribution in [2.45, 2.75) is 0 Å². The summed E-state index contributed by atoms with van der Waals surface area (Å²) < 4.78 is 18.7. The minimum Gasteiger partial charge on any atom is -0.497 e. The Hall–Kier alpha value is -2.80. The molecule has 25 heavy (non-hydrogen) atoms. The number of hydrogen-bond acceptors (Lipinski definition) is 5. The number of thiazole rings is 1. The van der Waals surface area contributed by atoms with E-state index < -0.39 is 0 Å². The van der Waals surface area contributed by atoms with Crippen molar-refractivity contribution in [2.75, 3.05) is 21.3 Å². The topological polar surface area (TPSA) is 62.1 Å². The van der Waals surface area contributed by atoms with Gasteiger partial charge in [-0.1, -0.05) is 11.3 Å². The van der Waals surface area contributed by atoms with E-state index in [1.807, 2.05) is 23.7 Å². The molecule has 6 nitrogen and oxygen atoms in total. The third-order valence-electron chi connectivity index (χ3n) is 3.85. The average molecular weight is 358 g/mol. The third-order valence-corrected chi connectivity index (χ3v) is 4.99. The van der Waals surface area contributed by atoms with Crippen LogP contribution in [0.4, 0.5) is 0 Å². The molecule has 1 amide bonds. The van der Waals surface area contributed by atoms with Crippen molar-refractivity contribution >= 4 is 27.5 Å². The summed E-state index contributed by atoms with van der Waals surface area (Å²) in [7, 11) is 6.65. The molecular formula is C18H18N2O4S. The number of methoxy groups -OCH3 is 3. The molecule has 0 radical (unpaired) electrons. The fourth-order valence-corrected chi connectivity index (χ4v) is 3.64. The zero-order chi connectivity index (χ0) is 18.0. The van der Waals surface area contributed by atoms with Crippen LogP contribution in [0.5, 0.6) is 17.2 Å². The molecule has 3 rings (SSSR count). The highest BCUT2D eigenvalue weighted by Crippen LogP contribution is 2.34. The molecule has 130 valence electrons. The summed E-state index contributed by atoms with van der Waals surface area (Å²) in [6, 6.07) is 10.5. The summed E-state index contributed by atoms with van der Waals surface area (Å²) in [6.07, 6.45) is 0. The van der Waals surface area contributed by atoms with E-state index in [2.05, 4.69) is 4.99 Å². The summed E-state index contributed by atoms with van der Waals surface area (Å²) in [5.41, 5.74) is 1.34. The zero-order valence-electron chi connectivity index (χ0n) is 14.4. The molecule has 2 aromatic carbocycles. The predicted octanol–water partition coefficient (Wildman–Crippen LogP) is 3.01. The van der Waals surface area contributed by atoms with E-state index in [4.69, 9.17) is 14.2 Å². The molecule has 0 spiro atoms. The first-order valence-corrected chi connectivity index (χ1v) is 8.34. The largest absolute Gasteiger partial charge is 0.497 e. The highest BCUT2D eigenvalue weighted by Gasteiger charge is 2.14. The second-order valence-corrected chi connectivity index (χ2v) is 6.21. The lowest BCUT2D eigenvalue weighted by Crippen LogP contribution is -2.13. The quantitative estimate of drug-likeness (QED) is 0.719. The van der Waals surface area contributed by atoms with Gasteiger partial charge >= 0.3 is 0 Å². The fourth-order valence-electron chi connectivity index (χ4n) is 2.51. The lowest BCUT2D eigenvalue weighted by atomic mass is 10.2. The van der Waals surface area contributed by atoms with Gasteiger partial charge in [-0.25, -0.2) is 0 Å². The lowest BCUT2D eigenvalue weighted by molar-refractivity contribution is 0.0998. The van der Waals surface area contributed by atoms with Gasteiger partial charge in [-0.15, -0.1) is 0 Å². The van der Waals surface area contributed by atoms with Crippen molar-refractivity contribution in [1.82, 2.24) is 4.57 Å². The first-order chi connectivity index (χ1) is 12.1. The van der Waals surface area contributed by atoms with Crippen molar-refractivity contribution in [2.24, 2.45) is 12.0 Å². The van der Waals surface area contributed by atoms with Gasteiger partial charge in [0.1, 0.15) is 27.5 Å². The average Bonchev–Trinajstić information content (AvgIpc) is 2.97. The number of rotatable bonds is 4. The number of carbonyl (C=O) groups is 1. The van der Waals surface area contributed by atoms with Crippen LogP contribution in [0.2, 0.25) is 0 Å². The maximum absolute atomic E-state index is 12.5. The van der Waals surface area contributed by atoms with E-state index in [0.29, 0.717) is 21.9 Å². The lowest BCUT2D eigenvalue weighted by Gasteiger charge is -2.06. The number of aryl methyl sites for hydroxylation is 1. The highest BCUT2D eigenvalue weighted by atomic mass is 32.1. The van der Waals surface area contributed by atoms with Crippen LogP contribution in [0, 0.1) is 0 Å². The van der Waals surface area contributed by atoms with E-state index >= 15 is 0 Å². The van der Waals surface area contributed by atoms with Gasteiger partial charge in [0.2, 0.25) is 0 Å². The molecule has 0 aliphatic heterocycles. The summed E-state index contributed by atoms with van der Waals surface area (Å²) in [5, 5.41) is 0. The molecule has 0 aliphatic rings. The van der Waals surface area contributed by atoms with Crippen molar-refractivity contribution in [3.63, 3.8) is 0 Å². The molecule has 3 aromatic rings. The van der Waals surface area contributed by atoms with Gasteiger partial charge in [0.05, 0.1) is 21.3 Å². The summed E-state index contributed by atoms with van der Waals surface area (Å²) in [6.45, 7) is 0. The molecule has 0 bridgehead atoms. The van der Waals surface area contributed by atoms with Crippen molar-refractivity contribution in [3.8, 4) is 17.2 Å². The van der Waals surface area contributed by atoms with E-state index in [1.54, 1.807) is 45.6 Å². The maximum atomic E-state index is 12.5. The van der Waals surface area contributed by atoms with Gasteiger partial charge in [0, 0.05) is 12.6 Å². The first-order valence-electron chi connectivity index (χ1n) is 7.52. The molecule has 0 saturated heterocycles. The van der Waals surface area contributed by atoms with Gasteiger partial charge in [0.15, 0.2) is 4.80 Å². The molecular weight excluding hydrogens is 340 g/mol. The Labute approximate surface area is 148 Å². The monoisotopic (exact) mass is 358 g/mol. The summed E-state index contributed by atoms with van der Waals surface area (Å²) >= 11 is 1.38. The Morgan fingerprint density at radius 2 is 1.60 bits per heavy atom. The Bertz CT molecular complexity index is 987. The number of carbonyl (C=O) groups excluding carboxylic acids is 1. The molecule has 0 fully saturated rings.